The zero-order valence-electron chi connectivity index (χ0n) is 17.1. The van der Waals surface area contributed by atoms with E-state index in [1.54, 1.807) is 19.4 Å². The average molecular weight is 395 g/mol. The van der Waals surface area contributed by atoms with Crippen molar-refractivity contribution >= 4 is 5.91 Å². The standard InChI is InChI=1S/C22H25N3O4/c1-14(2)12-28-19-10-16(7-8-18(19)27-4)22-25-17(13-29-22)11-24-21(26)20-15(3)6-5-9-23-20/h5-10,13-14H,11-12H2,1-4H3,(H,24,26). The number of aromatic nitrogens is 2. The average Bonchev–Trinajstić information content (AvgIpc) is 3.19. The Balaban J connectivity index is 1.70. The van der Waals surface area contributed by atoms with Crippen LogP contribution in [-0.2, 0) is 6.54 Å². The van der Waals surface area contributed by atoms with E-state index in [1.807, 2.05) is 31.2 Å². The summed E-state index contributed by atoms with van der Waals surface area (Å²) in [6.07, 6.45) is 3.12. The summed E-state index contributed by atoms with van der Waals surface area (Å²) in [4.78, 5) is 20.9. The molecular weight excluding hydrogens is 370 g/mol. The van der Waals surface area contributed by atoms with Crippen LogP contribution in [0.2, 0.25) is 0 Å². The van der Waals surface area contributed by atoms with Crippen molar-refractivity contribution in [2.75, 3.05) is 13.7 Å². The van der Waals surface area contributed by atoms with Gasteiger partial charge in [0.15, 0.2) is 11.5 Å². The number of hydrogen-bond acceptors (Lipinski definition) is 6. The highest BCUT2D eigenvalue weighted by Gasteiger charge is 2.14. The molecule has 0 aliphatic heterocycles. The molecule has 1 amide bonds. The first-order valence-electron chi connectivity index (χ1n) is 9.43. The smallest absolute Gasteiger partial charge is 0.270 e. The first-order chi connectivity index (χ1) is 14.0. The Kier molecular flexibility index (Phi) is 6.49. The number of aryl methyl sites for hydroxylation is 1. The van der Waals surface area contributed by atoms with Crippen molar-refractivity contribution in [3.8, 4) is 23.0 Å². The maximum Gasteiger partial charge on any atom is 0.270 e. The fourth-order valence-electron chi connectivity index (χ4n) is 2.68. The van der Waals surface area contributed by atoms with Gasteiger partial charge in [0.2, 0.25) is 5.89 Å². The van der Waals surface area contributed by atoms with E-state index in [0.717, 1.165) is 11.1 Å². The van der Waals surface area contributed by atoms with Gasteiger partial charge < -0.3 is 19.2 Å². The highest BCUT2D eigenvalue weighted by Crippen LogP contribution is 2.32. The van der Waals surface area contributed by atoms with Crippen LogP contribution in [0.3, 0.4) is 0 Å². The maximum atomic E-state index is 12.3. The summed E-state index contributed by atoms with van der Waals surface area (Å²) in [7, 11) is 1.60. The second kappa shape index (κ2) is 9.23. The molecule has 0 atom stereocenters. The molecule has 0 saturated heterocycles. The molecular formula is C22H25N3O4. The Morgan fingerprint density at radius 1 is 1.24 bits per heavy atom. The zero-order valence-corrected chi connectivity index (χ0v) is 17.1. The summed E-state index contributed by atoms with van der Waals surface area (Å²) in [6.45, 7) is 6.83. The number of hydrogen-bond donors (Lipinski definition) is 1. The molecule has 1 N–H and O–H groups in total. The summed E-state index contributed by atoms with van der Waals surface area (Å²) >= 11 is 0. The molecule has 3 rings (SSSR count). The molecule has 3 aromatic rings. The molecule has 0 unspecified atom stereocenters. The van der Waals surface area contributed by atoms with E-state index in [4.69, 9.17) is 13.9 Å². The van der Waals surface area contributed by atoms with Crippen LogP contribution in [0.4, 0.5) is 0 Å². The number of oxazole rings is 1. The third kappa shape index (κ3) is 5.13. The minimum absolute atomic E-state index is 0.241. The molecule has 0 spiro atoms. The van der Waals surface area contributed by atoms with E-state index in [1.165, 1.54) is 6.26 Å². The van der Waals surface area contributed by atoms with Gasteiger partial charge >= 0.3 is 0 Å². The van der Waals surface area contributed by atoms with Gasteiger partial charge in [0.25, 0.3) is 5.91 Å². The highest BCUT2D eigenvalue weighted by molar-refractivity contribution is 5.93. The Morgan fingerprint density at radius 3 is 2.79 bits per heavy atom. The van der Waals surface area contributed by atoms with Crippen LogP contribution in [0.15, 0.2) is 47.2 Å². The molecule has 0 saturated carbocycles. The van der Waals surface area contributed by atoms with Gasteiger partial charge in [-0.25, -0.2) is 4.98 Å². The molecule has 0 aliphatic carbocycles. The van der Waals surface area contributed by atoms with Crippen LogP contribution in [0.25, 0.3) is 11.5 Å². The quantitative estimate of drug-likeness (QED) is 0.620. The van der Waals surface area contributed by atoms with Crippen molar-refractivity contribution < 1.29 is 18.7 Å². The molecule has 2 aromatic heterocycles. The second-order valence-electron chi connectivity index (χ2n) is 7.07. The number of rotatable bonds is 8. The molecule has 0 bridgehead atoms. The van der Waals surface area contributed by atoms with Gasteiger partial charge in [0.1, 0.15) is 12.0 Å². The third-order valence-electron chi connectivity index (χ3n) is 4.19. The van der Waals surface area contributed by atoms with E-state index >= 15 is 0 Å². The highest BCUT2D eigenvalue weighted by atomic mass is 16.5. The van der Waals surface area contributed by atoms with Crippen molar-refractivity contribution in [2.45, 2.75) is 27.3 Å². The number of carbonyl (C=O) groups excluding carboxylic acids is 1. The van der Waals surface area contributed by atoms with Crippen LogP contribution in [0, 0.1) is 12.8 Å². The number of carbonyl (C=O) groups is 1. The molecule has 2 heterocycles. The van der Waals surface area contributed by atoms with Crippen LogP contribution < -0.4 is 14.8 Å². The lowest BCUT2D eigenvalue weighted by atomic mass is 10.2. The van der Waals surface area contributed by atoms with Gasteiger partial charge in [-0.05, 0) is 42.7 Å². The van der Waals surface area contributed by atoms with Gasteiger partial charge in [-0.15, -0.1) is 0 Å². The summed E-state index contributed by atoms with van der Waals surface area (Å²) in [6, 6.07) is 9.16. The fraction of sp³-hybridized carbons (Fsp3) is 0.318. The first kappa shape index (κ1) is 20.4. The van der Waals surface area contributed by atoms with E-state index in [-0.39, 0.29) is 12.5 Å². The maximum absolute atomic E-state index is 12.3. The summed E-state index contributed by atoms with van der Waals surface area (Å²) in [5.41, 5.74) is 2.60. The van der Waals surface area contributed by atoms with Gasteiger partial charge in [0, 0.05) is 11.8 Å². The zero-order chi connectivity index (χ0) is 20.8. The second-order valence-corrected chi connectivity index (χ2v) is 7.07. The van der Waals surface area contributed by atoms with Crippen LogP contribution in [0.5, 0.6) is 11.5 Å². The van der Waals surface area contributed by atoms with Crippen molar-refractivity contribution in [3.63, 3.8) is 0 Å². The van der Waals surface area contributed by atoms with Gasteiger partial charge in [-0.3, -0.25) is 9.78 Å². The molecule has 152 valence electrons. The number of nitrogens with zero attached hydrogens (tertiary/aromatic N) is 2. The monoisotopic (exact) mass is 395 g/mol. The first-order valence-corrected chi connectivity index (χ1v) is 9.43. The van der Waals surface area contributed by atoms with E-state index in [9.17, 15) is 4.79 Å². The predicted octanol–water partition coefficient (Wildman–Crippen LogP) is 4.02. The minimum atomic E-state index is -0.249. The lowest BCUT2D eigenvalue weighted by Gasteiger charge is -2.13. The van der Waals surface area contributed by atoms with Gasteiger partial charge in [0.05, 0.1) is 26.0 Å². The molecule has 7 nitrogen and oxygen atoms in total. The topological polar surface area (TPSA) is 86.5 Å². The largest absolute Gasteiger partial charge is 0.493 e. The van der Waals surface area contributed by atoms with E-state index in [0.29, 0.717) is 41.3 Å². The van der Waals surface area contributed by atoms with Crippen LogP contribution >= 0.6 is 0 Å². The van der Waals surface area contributed by atoms with Crippen molar-refractivity contribution in [2.24, 2.45) is 5.92 Å². The summed E-state index contributed by atoms with van der Waals surface area (Å²) in [5, 5.41) is 2.81. The van der Waals surface area contributed by atoms with E-state index < -0.39 is 0 Å². The van der Waals surface area contributed by atoms with Gasteiger partial charge in [-0.2, -0.15) is 0 Å². The lowest BCUT2D eigenvalue weighted by molar-refractivity contribution is 0.0945. The van der Waals surface area contributed by atoms with Gasteiger partial charge in [-0.1, -0.05) is 19.9 Å². The van der Waals surface area contributed by atoms with Crippen molar-refractivity contribution in [1.29, 1.82) is 0 Å². The third-order valence-corrected chi connectivity index (χ3v) is 4.19. The number of amides is 1. The molecule has 0 aliphatic rings. The number of ether oxygens (including phenoxy) is 2. The fourth-order valence-corrected chi connectivity index (χ4v) is 2.68. The number of methoxy groups -OCH3 is 1. The number of pyridine rings is 1. The Morgan fingerprint density at radius 2 is 2.07 bits per heavy atom. The van der Waals surface area contributed by atoms with Crippen LogP contribution in [0.1, 0.15) is 35.6 Å². The Hall–Kier alpha value is -3.35. The molecule has 0 fully saturated rings. The Bertz CT molecular complexity index is 982. The normalized spacial score (nSPS) is 10.8. The lowest BCUT2D eigenvalue weighted by Crippen LogP contribution is -2.24. The molecule has 0 radical (unpaired) electrons. The molecule has 29 heavy (non-hydrogen) atoms. The number of benzene rings is 1. The van der Waals surface area contributed by atoms with E-state index in [2.05, 4.69) is 29.1 Å². The predicted molar refractivity (Wildman–Crippen MR) is 109 cm³/mol. The summed E-state index contributed by atoms with van der Waals surface area (Å²) in [5.74, 6) is 1.88. The Labute approximate surface area is 170 Å². The SMILES string of the molecule is COc1ccc(-c2nc(CNC(=O)c3ncccc3C)co2)cc1OCC(C)C. The summed E-state index contributed by atoms with van der Waals surface area (Å²) < 4.78 is 16.8. The van der Waals surface area contributed by atoms with Crippen molar-refractivity contribution in [1.82, 2.24) is 15.3 Å². The van der Waals surface area contributed by atoms with Crippen molar-refractivity contribution in [3.05, 3.63) is 59.7 Å². The molecule has 7 heteroatoms. The number of nitrogens with one attached hydrogen (secondary N) is 1. The molecule has 1 aromatic carbocycles. The van der Waals surface area contributed by atoms with Crippen LogP contribution in [-0.4, -0.2) is 29.6 Å². The minimum Gasteiger partial charge on any atom is -0.493 e.